The Balaban J connectivity index is 0.00000560. The van der Waals surface area contributed by atoms with E-state index in [-0.39, 0.29) is 29.3 Å². The second kappa shape index (κ2) is 20.3. The maximum absolute atomic E-state index is 12.8. The third-order valence-corrected chi connectivity index (χ3v) is 8.46. The van der Waals surface area contributed by atoms with Crippen molar-refractivity contribution in [3.05, 3.63) is 69.7 Å². The van der Waals surface area contributed by atoms with Gasteiger partial charge in [0.1, 0.15) is 5.75 Å². The molecule has 2 aromatic rings. The molecule has 0 unspecified atom stereocenters. The Kier molecular flexibility index (Phi) is 17.5. The summed E-state index contributed by atoms with van der Waals surface area (Å²) in [6.07, 6.45) is 16.1. The quantitative estimate of drug-likeness (QED) is 0.154. The number of thioether (sulfide) groups is 1. The highest BCUT2D eigenvalue weighted by molar-refractivity contribution is 8.93. The van der Waals surface area contributed by atoms with Crippen LogP contribution < -0.4 is 10.1 Å². The number of halogens is 2. The number of benzene rings is 2. The lowest BCUT2D eigenvalue weighted by Crippen LogP contribution is -2.17. The Bertz CT molecular complexity index is 1050. The maximum Gasteiger partial charge on any atom is 0.228 e. The lowest BCUT2D eigenvalue weighted by Gasteiger charge is -2.19. The number of nitrogens with one attached hydrogen (secondary N) is 1. The first kappa shape index (κ1) is 34.6. The smallest absolute Gasteiger partial charge is 0.228 e. The fourth-order valence-electron chi connectivity index (χ4n) is 4.85. The number of carbonyl (C=O) groups excluding carboxylic acids is 1. The number of hydrogen-bond acceptors (Lipinski definition) is 4. The molecule has 1 N–H and O–H groups in total. The molecule has 4 nitrogen and oxygen atoms in total. The monoisotopic (exact) mass is 650 g/mol. The standard InChI is InChI=1S/C33H47ClN2O2S.BrH/c1-3-4-5-6-7-8-9-10-11-12-13-14-20-38-32-22-28(18-19-31(32)34)23-33(37)35-30-17-15-16-29(21-30)24-36-26-39-25-27(36)2;/h15-19,21-22,25H,3-14,20,23-24,26H2,1-2H3,(H,35,37);1H. The molecule has 0 spiro atoms. The summed E-state index contributed by atoms with van der Waals surface area (Å²) in [6, 6.07) is 13.7. The molecule has 40 heavy (non-hydrogen) atoms. The molecular weight excluding hydrogens is 604 g/mol. The van der Waals surface area contributed by atoms with Crippen molar-refractivity contribution in [2.24, 2.45) is 0 Å². The van der Waals surface area contributed by atoms with E-state index in [0.29, 0.717) is 17.4 Å². The van der Waals surface area contributed by atoms with E-state index in [1.165, 1.54) is 81.9 Å². The molecule has 0 aromatic heterocycles. The van der Waals surface area contributed by atoms with Crippen molar-refractivity contribution in [3.63, 3.8) is 0 Å². The summed E-state index contributed by atoms with van der Waals surface area (Å²) < 4.78 is 5.98. The van der Waals surface area contributed by atoms with Crippen LogP contribution in [0, 0.1) is 0 Å². The fraction of sp³-hybridized carbons (Fsp3) is 0.545. The van der Waals surface area contributed by atoms with Crippen LogP contribution in [-0.2, 0) is 17.8 Å². The molecule has 0 saturated heterocycles. The van der Waals surface area contributed by atoms with Crippen LogP contribution in [-0.4, -0.2) is 23.3 Å². The topological polar surface area (TPSA) is 41.6 Å². The van der Waals surface area contributed by atoms with Gasteiger partial charge in [0, 0.05) is 17.9 Å². The van der Waals surface area contributed by atoms with Gasteiger partial charge in [-0.1, -0.05) is 107 Å². The highest BCUT2D eigenvalue weighted by atomic mass is 79.9. The molecular formula is C33H48BrClN2O2S. The van der Waals surface area contributed by atoms with Crippen molar-refractivity contribution in [3.8, 4) is 5.75 Å². The Labute approximate surface area is 262 Å². The first-order valence-corrected chi connectivity index (χ1v) is 16.3. The summed E-state index contributed by atoms with van der Waals surface area (Å²) in [7, 11) is 0. The first-order chi connectivity index (χ1) is 19.0. The lowest BCUT2D eigenvalue weighted by atomic mass is 10.1. The summed E-state index contributed by atoms with van der Waals surface area (Å²) in [4.78, 5) is 15.1. The van der Waals surface area contributed by atoms with Gasteiger partial charge in [0.2, 0.25) is 5.91 Å². The average molecular weight is 652 g/mol. The van der Waals surface area contributed by atoms with Gasteiger partial charge in [0.15, 0.2) is 0 Å². The summed E-state index contributed by atoms with van der Waals surface area (Å²) in [6.45, 7) is 5.90. The minimum atomic E-state index is -0.0470. The Morgan fingerprint density at radius 1 is 0.925 bits per heavy atom. The molecule has 2 aromatic carbocycles. The van der Waals surface area contributed by atoms with Crippen LogP contribution in [0.15, 0.2) is 53.6 Å². The van der Waals surface area contributed by atoms with E-state index in [0.717, 1.165) is 30.1 Å². The summed E-state index contributed by atoms with van der Waals surface area (Å²) >= 11 is 8.19. The molecule has 1 amide bonds. The number of allylic oxidation sites excluding steroid dienone is 1. The number of ether oxygens (including phenoxy) is 1. The molecule has 1 aliphatic rings. The number of nitrogens with zero attached hydrogens (tertiary/aromatic N) is 1. The minimum Gasteiger partial charge on any atom is -0.492 e. The van der Waals surface area contributed by atoms with Crippen LogP contribution in [0.2, 0.25) is 5.02 Å². The van der Waals surface area contributed by atoms with E-state index in [9.17, 15) is 4.79 Å². The molecule has 0 radical (unpaired) electrons. The Morgan fingerprint density at radius 2 is 1.60 bits per heavy atom. The van der Waals surface area contributed by atoms with E-state index in [2.05, 4.69) is 41.6 Å². The normalized spacial score (nSPS) is 12.7. The molecule has 7 heteroatoms. The van der Waals surface area contributed by atoms with E-state index in [1.54, 1.807) is 0 Å². The summed E-state index contributed by atoms with van der Waals surface area (Å²) in [5.41, 5.74) is 4.19. The zero-order chi connectivity index (χ0) is 27.7. The molecule has 0 atom stereocenters. The van der Waals surface area contributed by atoms with Gasteiger partial charge in [-0.3, -0.25) is 4.79 Å². The minimum absolute atomic E-state index is 0. The summed E-state index contributed by atoms with van der Waals surface area (Å²) in [5.74, 6) is 1.59. The van der Waals surface area contributed by atoms with Gasteiger partial charge >= 0.3 is 0 Å². The number of carbonyl (C=O) groups is 1. The van der Waals surface area contributed by atoms with Crippen molar-refractivity contribution in [1.82, 2.24) is 4.90 Å². The second-order valence-electron chi connectivity index (χ2n) is 10.7. The van der Waals surface area contributed by atoms with Crippen molar-refractivity contribution >= 4 is 51.9 Å². The van der Waals surface area contributed by atoms with Gasteiger partial charge < -0.3 is 15.0 Å². The molecule has 3 rings (SSSR count). The Hall–Kier alpha value is -1.63. The van der Waals surface area contributed by atoms with Gasteiger partial charge in [-0.05, 0) is 54.1 Å². The van der Waals surface area contributed by atoms with Crippen molar-refractivity contribution < 1.29 is 9.53 Å². The van der Waals surface area contributed by atoms with Crippen LogP contribution in [0.3, 0.4) is 0 Å². The highest BCUT2D eigenvalue weighted by Gasteiger charge is 2.13. The van der Waals surface area contributed by atoms with Gasteiger partial charge in [-0.2, -0.15) is 0 Å². The van der Waals surface area contributed by atoms with Gasteiger partial charge in [-0.25, -0.2) is 0 Å². The molecule has 0 aliphatic carbocycles. The number of anilines is 1. The number of unbranched alkanes of at least 4 members (excludes halogenated alkanes) is 11. The average Bonchev–Trinajstić information content (AvgIpc) is 3.32. The molecule has 222 valence electrons. The van der Waals surface area contributed by atoms with E-state index in [1.807, 2.05) is 42.1 Å². The molecule has 1 aliphatic heterocycles. The maximum atomic E-state index is 12.8. The van der Waals surface area contributed by atoms with Gasteiger partial charge in [-0.15, -0.1) is 28.7 Å². The summed E-state index contributed by atoms with van der Waals surface area (Å²) in [5, 5.41) is 5.83. The second-order valence-corrected chi connectivity index (χ2v) is 11.9. The van der Waals surface area contributed by atoms with Crippen LogP contribution in [0.4, 0.5) is 5.69 Å². The highest BCUT2D eigenvalue weighted by Crippen LogP contribution is 2.27. The Morgan fingerprint density at radius 3 is 2.25 bits per heavy atom. The molecule has 0 fully saturated rings. The van der Waals surface area contributed by atoms with E-state index in [4.69, 9.17) is 16.3 Å². The SMILES string of the molecule is Br.CCCCCCCCCCCCCCOc1cc(CC(=O)Nc2cccc(CN3CSC=C3C)c2)ccc1Cl. The lowest BCUT2D eigenvalue weighted by molar-refractivity contribution is -0.115. The van der Waals surface area contributed by atoms with Crippen molar-refractivity contribution in [1.29, 1.82) is 0 Å². The number of hydrogen-bond donors (Lipinski definition) is 1. The zero-order valence-electron chi connectivity index (χ0n) is 24.4. The number of amides is 1. The van der Waals surface area contributed by atoms with Crippen LogP contribution in [0.25, 0.3) is 0 Å². The predicted octanol–water partition coefficient (Wildman–Crippen LogP) is 10.5. The molecule has 0 saturated carbocycles. The fourth-order valence-corrected chi connectivity index (χ4v) is 5.96. The van der Waals surface area contributed by atoms with Crippen LogP contribution in [0.1, 0.15) is 102 Å². The van der Waals surface area contributed by atoms with Gasteiger partial charge in [0.25, 0.3) is 0 Å². The first-order valence-electron chi connectivity index (χ1n) is 14.9. The molecule has 1 heterocycles. The molecule has 0 bridgehead atoms. The van der Waals surface area contributed by atoms with E-state index < -0.39 is 0 Å². The third-order valence-electron chi connectivity index (χ3n) is 7.18. The van der Waals surface area contributed by atoms with Gasteiger partial charge in [0.05, 0.1) is 23.9 Å². The van der Waals surface area contributed by atoms with Crippen LogP contribution in [0.5, 0.6) is 5.75 Å². The van der Waals surface area contributed by atoms with Crippen molar-refractivity contribution in [2.75, 3.05) is 17.8 Å². The predicted molar refractivity (Wildman–Crippen MR) is 179 cm³/mol. The van der Waals surface area contributed by atoms with Crippen molar-refractivity contribution in [2.45, 2.75) is 104 Å². The largest absolute Gasteiger partial charge is 0.492 e. The number of rotatable bonds is 19. The third kappa shape index (κ3) is 13.4. The van der Waals surface area contributed by atoms with Crippen LogP contribution >= 0.6 is 40.3 Å². The van der Waals surface area contributed by atoms with E-state index >= 15 is 0 Å². The zero-order valence-corrected chi connectivity index (χ0v) is 27.7.